The van der Waals surface area contributed by atoms with Crippen LogP contribution in [-0.2, 0) is 9.47 Å². The van der Waals surface area contributed by atoms with E-state index >= 15 is 0 Å². The molecule has 13 heavy (non-hydrogen) atoms. The number of rotatable bonds is 2. The fourth-order valence-corrected chi connectivity index (χ4v) is 2.69. The summed E-state index contributed by atoms with van der Waals surface area (Å²) < 4.78 is 11.6. The predicted octanol–water partition coefficient (Wildman–Crippen LogP) is 2.50. The smallest absolute Gasteiger partial charge is 0.0840 e. The van der Waals surface area contributed by atoms with E-state index in [1.807, 2.05) is 0 Å². The Hall–Kier alpha value is 0.400. The highest BCUT2D eigenvalue weighted by molar-refractivity contribution is 9.09. The standard InChI is InChI=1S/C10H17BrO2/c11-7-8-3-1-4-10(13-8)9-5-2-6-12-9/h8-10H,1-7H2. The Morgan fingerprint density at radius 2 is 1.92 bits per heavy atom. The summed E-state index contributed by atoms with van der Waals surface area (Å²) in [5, 5.41) is 0.968. The number of alkyl halides is 1. The molecule has 0 bridgehead atoms. The summed E-state index contributed by atoms with van der Waals surface area (Å²) in [6.45, 7) is 0.934. The van der Waals surface area contributed by atoms with Crippen molar-refractivity contribution in [3.05, 3.63) is 0 Å². The molecule has 0 N–H and O–H groups in total. The van der Waals surface area contributed by atoms with Gasteiger partial charge in [0.25, 0.3) is 0 Å². The lowest BCUT2D eigenvalue weighted by Crippen LogP contribution is -2.36. The first-order valence-corrected chi connectivity index (χ1v) is 6.35. The molecule has 3 unspecified atom stereocenters. The van der Waals surface area contributed by atoms with Crippen LogP contribution in [0.3, 0.4) is 0 Å². The zero-order valence-corrected chi connectivity index (χ0v) is 9.46. The van der Waals surface area contributed by atoms with E-state index in [1.165, 1.54) is 32.1 Å². The van der Waals surface area contributed by atoms with Gasteiger partial charge in [-0.2, -0.15) is 0 Å². The quantitative estimate of drug-likeness (QED) is 0.700. The van der Waals surface area contributed by atoms with Crippen LogP contribution in [0.15, 0.2) is 0 Å². The molecule has 2 rings (SSSR count). The van der Waals surface area contributed by atoms with E-state index in [0.717, 1.165) is 11.9 Å². The highest BCUT2D eigenvalue weighted by atomic mass is 79.9. The Morgan fingerprint density at radius 1 is 1.08 bits per heavy atom. The van der Waals surface area contributed by atoms with Crippen molar-refractivity contribution in [2.45, 2.75) is 50.4 Å². The Morgan fingerprint density at radius 3 is 2.62 bits per heavy atom. The van der Waals surface area contributed by atoms with Crippen molar-refractivity contribution in [3.63, 3.8) is 0 Å². The minimum Gasteiger partial charge on any atom is -0.376 e. The van der Waals surface area contributed by atoms with E-state index in [1.54, 1.807) is 0 Å². The Labute approximate surface area is 88.1 Å². The second-order valence-corrected chi connectivity index (χ2v) is 4.58. The van der Waals surface area contributed by atoms with Crippen LogP contribution < -0.4 is 0 Å². The first-order chi connectivity index (χ1) is 6.40. The van der Waals surface area contributed by atoms with Crippen molar-refractivity contribution >= 4 is 15.9 Å². The van der Waals surface area contributed by atoms with Crippen LogP contribution in [0.25, 0.3) is 0 Å². The maximum absolute atomic E-state index is 5.95. The number of halogens is 1. The highest BCUT2D eigenvalue weighted by Gasteiger charge is 2.31. The monoisotopic (exact) mass is 248 g/mol. The largest absolute Gasteiger partial charge is 0.376 e. The van der Waals surface area contributed by atoms with Gasteiger partial charge < -0.3 is 9.47 Å². The third-order valence-electron chi connectivity index (χ3n) is 2.93. The lowest BCUT2D eigenvalue weighted by molar-refractivity contribution is -0.102. The first-order valence-electron chi connectivity index (χ1n) is 5.23. The van der Waals surface area contributed by atoms with Gasteiger partial charge in [-0.3, -0.25) is 0 Å². The van der Waals surface area contributed by atoms with Crippen LogP contribution in [0, 0.1) is 0 Å². The van der Waals surface area contributed by atoms with E-state index in [2.05, 4.69) is 15.9 Å². The molecule has 3 heteroatoms. The summed E-state index contributed by atoms with van der Waals surface area (Å²) in [4.78, 5) is 0. The zero-order valence-electron chi connectivity index (χ0n) is 7.88. The van der Waals surface area contributed by atoms with Gasteiger partial charge in [-0.15, -0.1) is 0 Å². The van der Waals surface area contributed by atoms with Crippen LogP contribution in [0.4, 0.5) is 0 Å². The fraction of sp³-hybridized carbons (Fsp3) is 1.00. The van der Waals surface area contributed by atoms with Gasteiger partial charge in [0.15, 0.2) is 0 Å². The maximum Gasteiger partial charge on any atom is 0.0840 e. The lowest BCUT2D eigenvalue weighted by Gasteiger charge is -2.32. The molecule has 2 heterocycles. The summed E-state index contributed by atoms with van der Waals surface area (Å²) in [7, 11) is 0. The molecule has 2 saturated heterocycles. The summed E-state index contributed by atoms with van der Waals surface area (Å²) in [5.74, 6) is 0. The minimum atomic E-state index is 0.374. The van der Waals surface area contributed by atoms with Crippen molar-refractivity contribution in [3.8, 4) is 0 Å². The van der Waals surface area contributed by atoms with Crippen molar-refractivity contribution in [1.82, 2.24) is 0 Å². The minimum absolute atomic E-state index is 0.374. The van der Waals surface area contributed by atoms with Crippen molar-refractivity contribution < 1.29 is 9.47 Å². The first kappa shape index (κ1) is 9.94. The molecule has 2 nitrogen and oxygen atoms in total. The molecule has 0 aromatic rings. The van der Waals surface area contributed by atoms with Crippen molar-refractivity contribution in [2.24, 2.45) is 0 Å². The zero-order chi connectivity index (χ0) is 9.10. The molecule has 0 aliphatic carbocycles. The average Bonchev–Trinajstić information content (AvgIpc) is 2.71. The van der Waals surface area contributed by atoms with E-state index in [-0.39, 0.29) is 0 Å². The predicted molar refractivity (Wildman–Crippen MR) is 55.3 cm³/mol. The van der Waals surface area contributed by atoms with Gasteiger partial charge in [-0.25, -0.2) is 0 Å². The molecule has 2 fully saturated rings. The SMILES string of the molecule is BrCC1CCCC(C2CCCO2)O1. The van der Waals surface area contributed by atoms with Gasteiger partial charge in [0.2, 0.25) is 0 Å². The van der Waals surface area contributed by atoms with E-state index in [9.17, 15) is 0 Å². The average molecular weight is 249 g/mol. The Kier molecular flexibility index (Phi) is 3.64. The molecule has 0 saturated carbocycles. The van der Waals surface area contributed by atoms with Crippen LogP contribution in [0.2, 0.25) is 0 Å². The molecule has 0 amide bonds. The molecule has 0 spiro atoms. The van der Waals surface area contributed by atoms with E-state index < -0.39 is 0 Å². The molecule has 76 valence electrons. The third kappa shape index (κ3) is 2.45. The van der Waals surface area contributed by atoms with E-state index in [0.29, 0.717) is 18.3 Å². The van der Waals surface area contributed by atoms with Crippen molar-refractivity contribution in [2.75, 3.05) is 11.9 Å². The summed E-state index contributed by atoms with van der Waals surface area (Å²) in [5.41, 5.74) is 0. The molecule has 3 atom stereocenters. The van der Waals surface area contributed by atoms with Crippen LogP contribution >= 0.6 is 15.9 Å². The Balaban J connectivity index is 1.84. The van der Waals surface area contributed by atoms with Crippen LogP contribution in [0.1, 0.15) is 32.1 Å². The highest BCUT2D eigenvalue weighted by Crippen LogP contribution is 2.28. The molecule has 0 aromatic carbocycles. The number of ether oxygens (including phenoxy) is 2. The summed E-state index contributed by atoms with van der Waals surface area (Å²) in [6, 6.07) is 0. The second-order valence-electron chi connectivity index (χ2n) is 3.93. The van der Waals surface area contributed by atoms with Gasteiger partial charge in [0, 0.05) is 11.9 Å². The molecular weight excluding hydrogens is 232 g/mol. The van der Waals surface area contributed by atoms with Gasteiger partial charge in [0.05, 0.1) is 18.3 Å². The normalized spacial score (nSPS) is 40.8. The lowest BCUT2D eigenvalue weighted by atomic mass is 9.99. The molecule has 2 aliphatic heterocycles. The number of hydrogen-bond acceptors (Lipinski definition) is 2. The summed E-state index contributed by atoms with van der Waals surface area (Å²) >= 11 is 3.48. The van der Waals surface area contributed by atoms with Gasteiger partial charge in [0.1, 0.15) is 0 Å². The van der Waals surface area contributed by atoms with E-state index in [4.69, 9.17) is 9.47 Å². The molecule has 0 radical (unpaired) electrons. The Bertz CT molecular complexity index is 157. The molecule has 0 aromatic heterocycles. The van der Waals surface area contributed by atoms with Crippen LogP contribution in [0.5, 0.6) is 0 Å². The van der Waals surface area contributed by atoms with Crippen LogP contribution in [-0.4, -0.2) is 30.2 Å². The van der Waals surface area contributed by atoms with Crippen molar-refractivity contribution in [1.29, 1.82) is 0 Å². The summed E-state index contributed by atoms with van der Waals surface area (Å²) in [6.07, 6.45) is 7.27. The van der Waals surface area contributed by atoms with Gasteiger partial charge in [-0.05, 0) is 32.1 Å². The molecule has 2 aliphatic rings. The molecular formula is C10H17BrO2. The topological polar surface area (TPSA) is 18.5 Å². The number of hydrogen-bond donors (Lipinski definition) is 0. The van der Waals surface area contributed by atoms with Gasteiger partial charge >= 0.3 is 0 Å². The fourth-order valence-electron chi connectivity index (χ4n) is 2.21. The maximum atomic E-state index is 5.95. The third-order valence-corrected chi connectivity index (χ3v) is 3.66. The second kappa shape index (κ2) is 4.76. The van der Waals surface area contributed by atoms with Gasteiger partial charge in [-0.1, -0.05) is 15.9 Å².